The fourth-order valence-corrected chi connectivity index (χ4v) is 2.08. The third-order valence-corrected chi connectivity index (χ3v) is 3.19. The summed E-state index contributed by atoms with van der Waals surface area (Å²) in [5.74, 6) is 0.0681. The molecule has 0 amide bonds. The van der Waals surface area contributed by atoms with Gasteiger partial charge in [-0.2, -0.15) is 8.78 Å². The van der Waals surface area contributed by atoms with Crippen molar-refractivity contribution in [1.29, 1.82) is 0 Å². The van der Waals surface area contributed by atoms with Crippen LogP contribution < -0.4 is 10.5 Å². The van der Waals surface area contributed by atoms with Gasteiger partial charge in [0.05, 0.1) is 12.1 Å². The molecule has 2 aromatic rings. The van der Waals surface area contributed by atoms with Crippen LogP contribution in [0.2, 0.25) is 0 Å². The van der Waals surface area contributed by atoms with Gasteiger partial charge in [0.2, 0.25) is 0 Å². The summed E-state index contributed by atoms with van der Waals surface area (Å²) in [6.07, 6.45) is -0.327. The van der Waals surface area contributed by atoms with E-state index in [2.05, 4.69) is 4.74 Å². The number of halogens is 2. The number of rotatable bonds is 6. The molecular formula is C16H17F2NO2. The highest BCUT2D eigenvalue weighted by Gasteiger charge is 2.17. The molecule has 0 bridgehead atoms. The Morgan fingerprint density at radius 1 is 1.00 bits per heavy atom. The first-order chi connectivity index (χ1) is 10.1. The van der Waals surface area contributed by atoms with Gasteiger partial charge >= 0.3 is 6.61 Å². The second-order valence-electron chi connectivity index (χ2n) is 4.73. The van der Waals surface area contributed by atoms with Gasteiger partial charge in [-0.1, -0.05) is 42.5 Å². The fourth-order valence-electron chi connectivity index (χ4n) is 2.08. The zero-order chi connectivity index (χ0) is 15.2. The third-order valence-electron chi connectivity index (χ3n) is 3.19. The summed E-state index contributed by atoms with van der Waals surface area (Å²) in [6, 6.07) is 14.9. The largest absolute Gasteiger partial charge is 0.435 e. The summed E-state index contributed by atoms with van der Waals surface area (Å²) in [4.78, 5) is 0. The number of benzene rings is 2. The Bertz CT molecular complexity index is 546. The Hall–Kier alpha value is -1.98. The third kappa shape index (κ3) is 4.51. The maximum atomic E-state index is 12.1. The SMILES string of the molecule is N[C@@H](c1ccc(OC(F)F)cc1)[C@H](O)Cc1ccccc1. The van der Waals surface area contributed by atoms with E-state index in [4.69, 9.17) is 5.73 Å². The van der Waals surface area contributed by atoms with Crippen molar-refractivity contribution in [3.05, 3.63) is 65.7 Å². The number of hydrogen-bond donors (Lipinski definition) is 2. The van der Waals surface area contributed by atoms with Crippen LogP contribution in [-0.4, -0.2) is 17.8 Å². The smallest absolute Gasteiger partial charge is 0.387 e. The first-order valence-corrected chi connectivity index (χ1v) is 6.58. The second-order valence-corrected chi connectivity index (χ2v) is 4.73. The van der Waals surface area contributed by atoms with E-state index in [0.29, 0.717) is 12.0 Å². The molecule has 0 unspecified atom stereocenters. The fraction of sp³-hybridized carbons (Fsp3) is 0.250. The molecule has 0 aliphatic carbocycles. The summed E-state index contributed by atoms with van der Waals surface area (Å²) in [6.45, 7) is -2.85. The molecule has 3 N–H and O–H groups in total. The zero-order valence-electron chi connectivity index (χ0n) is 11.3. The average Bonchev–Trinajstić information content (AvgIpc) is 2.47. The highest BCUT2D eigenvalue weighted by atomic mass is 19.3. The molecule has 0 aliphatic heterocycles. The van der Waals surface area contributed by atoms with Crippen molar-refractivity contribution in [3.8, 4) is 5.75 Å². The van der Waals surface area contributed by atoms with Gasteiger partial charge in [-0.25, -0.2) is 0 Å². The zero-order valence-corrected chi connectivity index (χ0v) is 11.3. The lowest BCUT2D eigenvalue weighted by Gasteiger charge is -2.19. The van der Waals surface area contributed by atoms with Crippen LogP contribution in [0.1, 0.15) is 17.2 Å². The van der Waals surface area contributed by atoms with E-state index in [1.165, 1.54) is 12.1 Å². The van der Waals surface area contributed by atoms with Crippen LogP contribution in [0.25, 0.3) is 0 Å². The molecule has 3 nitrogen and oxygen atoms in total. The van der Waals surface area contributed by atoms with E-state index in [-0.39, 0.29) is 5.75 Å². The Labute approximate surface area is 122 Å². The molecule has 0 radical (unpaired) electrons. The van der Waals surface area contributed by atoms with Crippen molar-refractivity contribution in [3.63, 3.8) is 0 Å². The molecule has 0 saturated carbocycles. The first-order valence-electron chi connectivity index (χ1n) is 6.58. The highest BCUT2D eigenvalue weighted by Crippen LogP contribution is 2.21. The minimum absolute atomic E-state index is 0.0681. The van der Waals surface area contributed by atoms with Crippen molar-refractivity contribution in [2.45, 2.75) is 25.2 Å². The van der Waals surface area contributed by atoms with Gasteiger partial charge < -0.3 is 15.6 Å². The number of aliphatic hydroxyl groups is 1. The van der Waals surface area contributed by atoms with Gasteiger partial charge in [-0.15, -0.1) is 0 Å². The predicted octanol–water partition coefficient (Wildman–Crippen LogP) is 2.89. The summed E-state index contributed by atoms with van der Waals surface area (Å²) < 4.78 is 28.4. The van der Waals surface area contributed by atoms with Gasteiger partial charge in [0, 0.05) is 6.42 Å². The van der Waals surface area contributed by atoms with Crippen LogP contribution in [-0.2, 0) is 6.42 Å². The van der Waals surface area contributed by atoms with E-state index in [1.54, 1.807) is 12.1 Å². The van der Waals surface area contributed by atoms with Crippen LogP contribution in [0.4, 0.5) is 8.78 Å². The van der Waals surface area contributed by atoms with E-state index >= 15 is 0 Å². The topological polar surface area (TPSA) is 55.5 Å². The molecule has 0 heterocycles. The maximum Gasteiger partial charge on any atom is 0.387 e. The lowest BCUT2D eigenvalue weighted by molar-refractivity contribution is -0.0498. The molecule has 0 aliphatic rings. The molecule has 0 aromatic heterocycles. The number of alkyl halides is 2. The van der Waals surface area contributed by atoms with Crippen LogP contribution in [0, 0.1) is 0 Å². The molecule has 0 fully saturated rings. The van der Waals surface area contributed by atoms with Crippen LogP contribution >= 0.6 is 0 Å². The lowest BCUT2D eigenvalue weighted by Crippen LogP contribution is -2.28. The number of ether oxygens (including phenoxy) is 1. The van der Waals surface area contributed by atoms with Gasteiger partial charge in [-0.3, -0.25) is 0 Å². The minimum Gasteiger partial charge on any atom is -0.435 e. The average molecular weight is 293 g/mol. The maximum absolute atomic E-state index is 12.1. The summed E-state index contributed by atoms with van der Waals surface area (Å²) >= 11 is 0. The van der Waals surface area contributed by atoms with Gasteiger partial charge in [0.15, 0.2) is 0 Å². The van der Waals surface area contributed by atoms with Gasteiger partial charge in [0.25, 0.3) is 0 Å². The van der Waals surface area contributed by atoms with E-state index < -0.39 is 18.8 Å². The van der Waals surface area contributed by atoms with Gasteiger partial charge in [0.1, 0.15) is 5.75 Å². The summed E-state index contributed by atoms with van der Waals surface area (Å²) in [7, 11) is 0. The number of aliphatic hydroxyl groups excluding tert-OH is 1. The molecule has 112 valence electrons. The Kier molecular flexibility index (Phi) is 5.25. The Morgan fingerprint density at radius 3 is 2.19 bits per heavy atom. The quantitative estimate of drug-likeness (QED) is 0.861. The lowest BCUT2D eigenvalue weighted by atomic mass is 9.97. The van der Waals surface area contributed by atoms with Crippen LogP contribution in [0.5, 0.6) is 5.75 Å². The Morgan fingerprint density at radius 2 is 1.62 bits per heavy atom. The molecule has 2 rings (SSSR count). The second kappa shape index (κ2) is 7.15. The molecule has 0 saturated heterocycles. The predicted molar refractivity (Wildman–Crippen MR) is 76.2 cm³/mol. The molecule has 5 heteroatoms. The molecule has 2 atom stereocenters. The molecule has 2 aromatic carbocycles. The highest BCUT2D eigenvalue weighted by molar-refractivity contribution is 5.30. The monoisotopic (exact) mass is 293 g/mol. The molecular weight excluding hydrogens is 276 g/mol. The first kappa shape index (κ1) is 15.4. The normalized spacial score (nSPS) is 14.0. The summed E-state index contributed by atoms with van der Waals surface area (Å²) in [5, 5.41) is 10.2. The number of nitrogens with two attached hydrogens (primary N) is 1. The van der Waals surface area contributed by atoms with E-state index in [9.17, 15) is 13.9 Å². The van der Waals surface area contributed by atoms with Crippen molar-refractivity contribution in [2.24, 2.45) is 5.73 Å². The van der Waals surface area contributed by atoms with Crippen molar-refractivity contribution in [2.75, 3.05) is 0 Å². The number of hydrogen-bond acceptors (Lipinski definition) is 3. The standard InChI is InChI=1S/C16H17F2NO2/c17-16(18)21-13-8-6-12(7-9-13)15(19)14(20)10-11-4-2-1-3-5-11/h1-9,14-16,20H,10,19H2/t14-,15+/m1/s1. The minimum atomic E-state index is -2.85. The van der Waals surface area contributed by atoms with Crippen LogP contribution in [0.15, 0.2) is 54.6 Å². The van der Waals surface area contributed by atoms with Crippen molar-refractivity contribution < 1.29 is 18.6 Å². The Balaban J connectivity index is 2.00. The molecule has 0 spiro atoms. The van der Waals surface area contributed by atoms with Crippen molar-refractivity contribution in [1.82, 2.24) is 0 Å². The molecule has 21 heavy (non-hydrogen) atoms. The van der Waals surface area contributed by atoms with E-state index in [1.807, 2.05) is 30.3 Å². The van der Waals surface area contributed by atoms with Crippen molar-refractivity contribution >= 4 is 0 Å². The van der Waals surface area contributed by atoms with E-state index in [0.717, 1.165) is 5.56 Å². The summed E-state index contributed by atoms with van der Waals surface area (Å²) in [5.41, 5.74) is 7.65. The van der Waals surface area contributed by atoms with Crippen LogP contribution in [0.3, 0.4) is 0 Å². The van der Waals surface area contributed by atoms with Gasteiger partial charge in [-0.05, 0) is 23.3 Å².